The van der Waals surface area contributed by atoms with Crippen molar-refractivity contribution >= 4 is 23.3 Å². The Hall–Kier alpha value is -3.14. The molecule has 2 aromatic heterocycles. The maximum absolute atomic E-state index is 13.2. The van der Waals surface area contributed by atoms with Crippen LogP contribution in [0.4, 0.5) is 19.0 Å². The van der Waals surface area contributed by atoms with Crippen LogP contribution in [0, 0.1) is 0 Å². The summed E-state index contributed by atoms with van der Waals surface area (Å²) in [6.07, 6.45) is -0.0632. The minimum atomic E-state index is -4.44. The number of benzene rings is 1. The number of nitrogens with zero attached hydrogens (tertiary/aromatic N) is 5. The molecule has 0 aliphatic heterocycles. The fourth-order valence-electron chi connectivity index (χ4n) is 2.99. The van der Waals surface area contributed by atoms with Gasteiger partial charge in [-0.2, -0.15) is 28.2 Å². The molecule has 1 amide bonds. The number of hydrogen-bond acceptors (Lipinski definition) is 5. The zero-order chi connectivity index (χ0) is 22.6. The first-order valence-corrected chi connectivity index (χ1v) is 9.79. The highest BCUT2D eigenvalue weighted by molar-refractivity contribution is 6.31. The number of amides is 1. The van der Waals surface area contributed by atoms with Crippen LogP contribution in [0.15, 0.2) is 48.9 Å². The molecule has 1 aromatic carbocycles. The van der Waals surface area contributed by atoms with Gasteiger partial charge in [-0.25, -0.2) is 4.98 Å². The van der Waals surface area contributed by atoms with E-state index in [1.54, 1.807) is 30.1 Å². The van der Waals surface area contributed by atoms with E-state index < -0.39 is 11.7 Å². The van der Waals surface area contributed by atoms with Crippen LogP contribution in [0.1, 0.15) is 29.3 Å². The van der Waals surface area contributed by atoms with Crippen LogP contribution < -0.4 is 5.32 Å². The maximum Gasteiger partial charge on any atom is 0.417 e. The second-order valence-corrected chi connectivity index (χ2v) is 7.21. The number of hydrogen-bond donors (Lipinski definition) is 1. The van der Waals surface area contributed by atoms with E-state index in [2.05, 4.69) is 20.5 Å². The van der Waals surface area contributed by atoms with E-state index in [0.29, 0.717) is 29.2 Å². The lowest BCUT2D eigenvalue weighted by Gasteiger charge is -2.28. The molecule has 164 valence electrons. The topological polar surface area (TPSA) is 75.9 Å². The van der Waals surface area contributed by atoms with E-state index in [0.717, 1.165) is 12.3 Å². The van der Waals surface area contributed by atoms with Crippen molar-refractivity contribution in [1.82, 2.24) is 24.9 Å². The van der Waals surface area contributed by atoms with E-state index in [4.69, 9.17) is 11.6 Å². The highest BCUT2D eigenvalue weighted by Gasteiger charge is 2.30. The van der Waals surface area contributed by atoms with Gasteiger partial charge in [-0.3, -0.25) is 4.79 Å². The van der Waals surface area contributed by atoms with Crippen molar-refractivity contribution < 1.29 is 18.0 Å². The standard InChI is InChI=1S/C20H20ClF3N6O/c1-3-15(12-26-18-7-4-13(11-25-18)20(22,23)24)29(2)19(31)16-10-14(21)5-6-17(16)30-27-8-9-28-30/h4-11,15H,3,12H2,1-2H3,(H,25,26). The number of carbonyl (C=O) groups excluding carboxylic acids is 1. The van der Waals surface area contributed by atoms with Crippen molar-refractivity contribution in [2.24, 2.45) is 0 Å². The normalized spacial score (nSPS) is 12.5. The number of halogens is 4. The monoisotopic (exact) mass is 452 g/mol. The van der Waals surface area contributed by atoms with Gasteiger partial charge in [0.05, 0.1) is 29.2 Å². The summed E-state index contributed by atoms with van der Waals surface area (Å²) in [6, 6.07) is 6.82. The molecular formula is C20H20ClF3N6O. The number of carbonyl (C=O) groups is 1. The number of pyridine rings is 1. The second kappa shape index (κ2) is 9.34. The number of aromatic nitrogens is 4. The van der Waals surface area contributed by atoms with E-state index in [1.807, 2.05) is 6.92 Å². The fourth-order valence-corrected chi connectivity index (χ4v) is 3.17. The van der Waals surface area contributed by atoms with E-state index in [9.17, 15) is 18.0 Å². The summed E-state index contributed by atoms with van der Waals surface area (Å²) in [7, 11) is 1.65. The Morgan fingerprint density at radius 2 is 1.94 bits per heavy atom. The molecule has 1 atom stereocenters. The Morgan fingerprint density at radius 3 is 2.52 bits per heavy atom. The van der Waals surface area contributed by atoms with Crippen molar-refractivity contribution in [3.63, 3.8) is 0 Å². The molecule has 3 rings (SSSR count). The highest BCUT2D eigenvalue weighted by atomic mass is 35.5. The number of anilines is 1. The first-order chi connectivity index (χ1) is 14.7. The Morgan fingerprint density at radius 1 is 1.23 bits per heavy atom. The van der Waals surface area contributed by atoms with Crippen molar-refractivity contribution in [2.45, 2.75) is 25.6 Å². The zero-order valence-electron chi connectivity index (χ0n) is 16.8. The SMILES string of the molecule is CCC(CNc1ccc(C(F)(F)F)cn1)N(C)C(=O)c1cc(Cl)ccc1-n1nccn1. The van der Waals surface area contributed by atoms with Crippen molar-refractivity contribution in [3.05, 3.63) is 65.1 Å². The molecule has 0 spiro atoms. The van der Waals surface area contributed by atoms with Crippen LogP contribution in [-0.2, 0) is 6.18 Å². The first kappa shape index (κ1) is 22.5. The average molecular weight is 453 g/mol. The largest absolute Gasteiger partial charge is 0.417 e. The van der Waals surface area contributed by atoms with Crippen molar-refractivity contribution in [2.75, 3.05) is 18.9 Å². The third-order valence-electron chi connectivity index (χ3n) is 4.77. The minimum Gasteiger partial charge on any atom is -0.368 e. The lowest BCUT2D eigenvalue weighted by Crippen LogP contribution is -2.41. The Balaban J connectivity index is 1.74. The highest BCUT2D eigenvalue weighted by Crippen LogP contribution is 2.29. The quantitative estimate of drug-likeness (QED) is 0.578. The molecule has 0 fully saturated rings. The molecule has 7 nitrogen and oxygen atoms in total. The van der Waals surface area contributed by atoms with Crippen LogP contribution in [0.25, 0.3) is 5.69 Å². The number of nitrogens with one attached hydrogen (secondary N) is 1. The molecule has 0 aliphatic carbocycles. The summed E-state index contributed by atoms with van der Waals surface area (Å²) in [5.41, 5.74) is -0.00567. The summed E-state index contributed by atoms with van der Waals surface area (Å²) >= 11 is 6.10. The predicted molar refractivity (Wildman–Crippen MR) is 110 cm³/mol. The van der Waals surface area contributed by atoms with E-state index in [-0.39, 0.29) is 17.8 Å². The average Bonchev–Trinajstić information content (AvgIpc) is 3.27. The molecule has 2 heterocycles. The zero-order valence-corrected chi connectivity index (χ0v) is 17.5. The van der Waals surface area contributed by atoms with Gasteiger partial charge in [0.25, 0.3) is 5.91 Å². The van der Waals surface area contributed by atoms with Crippen LogP contribution in [0.3, 0.4) is 0 Å². The molecule has 0 bridgehead atoms. The second-order valence-electron chi connectivity index (χ2n) is 6.77. The molecule has 0 saturated heterocycles. The van der Waals surface area contributed by atoms with Crippen molar-refractivity contribution in [1.29, 1.82) is 0 Å². The smallest absolute Gasteiger partial charge is 0.368 e. The van der Waals surface area contributed by atoms with Gasteiger partial charge in [-0.05, 0) is 36.8 Å². The van der Waals surface area contributed by atoms with E-state index >= 15 is 0 Å². The molecule has 11 heteroatoms. The fraction of sp³-hybridized carbons (Fsp3) is 0.300. The van der Waals surface area contributed by atoms with Gasteiger partial charge in [0.15, 0.2) is 0 Å². The summed E-state index contributed by atoms with van der Waals surface area (Å²) in [4.78, 5) is 19.9. The summed E-state index contributed by atoms with van der Waals surface area (Å²) in [5.74, 6) is 0.000290. The molecular weight excluding hydrogens is 433 g/mol. The lowest BCUT2D eigenvalue weighted by molar-refractivity contribution is -0.137. The summed E-state index contributed by atoms with van der Waals surface area (Å²) in [5, 5.41) is 11.5. The van der Waals surface area contributed by atoms with Gasteiger partial charge in [-0.1, -0.05) is 18.5 Å². The van der Waals surface area contributed by atoms with Gasteiger partial charge in [0, 0.05) is 30.9 Å². The van der Waals surface area contributed by atoms with Crippen LogP contribution in [0.5, 0.6) is 0 Å². The van der Waals surface area contributed by atoms with Gasteiger partial charge in [0.1, 0.15) is 5.82 Å². The maximum atomic E-state index is 13.2. The Kier molecular flexibility index (Phi) is 6.79. The molecule has 0 aliphatic rings. The Bertz CT molecular complexity index is 1020. The van der Waals surface area contributed by atoms with Crippen molar-refractivity contribution in [3.8, 4) is 5.69 Å². The molecule has 0 radical (unpaired) electrons. The first-order valence-electron chi connectivity index (χ1n) is 9.41. The predicted octanol–water partition coefficient (Wildman–Crippen LogP) is 4.30. The molecule has 3 aromatic rings. The summed E-state index contributed by atoms with van der Waals surface area (Å²) in [6.45, 7) is 2.21. The van der Waals surface area contributed by atoms with Gasteiger partial charge < -0.3 is 10.2 Å². The third-order valence-corrected chi connectivity index (χ3v) is 5.01. The van der Waals surface area contributed by atoms with Crippen LogP contribution >= 0.6 is 11.6 Å². The molecule has 1 unspecified atom stereocenters. The van der Waals surface area contributed by atoms with Crippen LogP contribution in [0.2, 0.25) is 5.02 Å². The molecule has 0 saturated carbocycles. The lowest BCUT2D eigenvalue weighted by atomic mass is 10.1. The van der Waals surface area contributed by atoms with E-state index in [1.165, 1.54) is 23.3 Å². The van der Waals surface area contributed by atoms with Gasteiger partial charge in [-0.15, -0.1) is 0 Å². The number of likely N-dealkylation sites (N-methyl/N-ethyl adjacent to an activating group) is 1. The Labute approximate surface area is 181 Å². The number of rotatable bonds is 7. The van der Waals surface area contributed by atoms with Crippen LogP contribution in [-0.4, -0.2) is 50.4 Å². The minimum absolute atomic E-state index is 0.256. The van der Waals surface area contributed by atoms with Gasteiger partial charge >= 0.3 is 6.18 Å². The number of alkyl halides is 3. The third kappa shape index (κ3) is 5.32. The molecule has 31 heavy (non-hydrogen) atoms. The summed E-state index contributed by atoms with van der Waals surface area (Å²) < 4.78 is 38.0. The molecule has 1 N–H and O–H groups in total. The van der Waals surface area contributed by atoms with Gasteiger partial charge in [0.2, 0.25) is 0 Å².